The third-order valence-corrected chi connectivity index (χ3v) is 8.08. The summed E-state index contributed by atoms with van der Waals surface area (Å²) in [5.41, 5.74) is -1.00. The number of hydrogen-bond acceptors (Lipinski definition) is 4. The average molecular weight is 498 g/mol. The Kier molecular flexibility index (Phi) is 9.00. The standard InChI is InChI=1S/C21H30F3N3O3S.ClH/c1-25-31(29,30)19-13-15(21(22,23)24)10-9-14(19)12-20(28)27(2)18-8-4-3-6-16(18)17-7-5-11-26-17;/h9-10,13,16-18,25-26H,3-8,11-12H2,1-2H3;1H. The molecule has 2 N–H and O–H groups in total. The van der Waals surface area contributed by atoms with Gasteiger partial charge in [-0.1, -0.05) is 18.9 Å². The number of benzene rings is 1. The summed E-state index contributed by atoms with van der Waals surface area (Å²) in [6.07, 6.45) is 1.28. The minimum Gasteiger partial charge on any atom is -0.342 e. The number of carbonyl (C=O) groups excluding carboxylic acids is 1. The van der Waals surface area contributed by atoms with Crippen molar-refractivity contribution in [2.75, 3.05) is 20.6 Å². The highest BCUT2D eigenvalue weighted by molar-refractivity contribution is 7.89. The maximum atomic E-state index is 13.1. The smallest absolute Gasteiger partial charge is 0.342 e. The third kappa shape index (κ3) is 5.95. The van der Waals surface area contributed by atoms with Gasteiger partial charge in [0.05, 0.1) is 16.9 Å². The number of sulfonamides is 1. The molecule has 2 aliphatic rings. The molecule has 0 spiro atoms. The van der Waals surface area contributed by atoms with E-state index >= 15 is 0 Å². The van der Waals surface area contributed by atoms with Gasteiger partial charge in [-0.15, -0.1) is 12.4 Å². The van der Waals surface area contributed by atoms with E-state index in [1.54, 1.807) is 11.9 Å². The molecule has 0 bridgehead atoms. The summed E-state index contributed by atoms with van der Waals surface area (Å²) < 4.78 is 66.2. The van der Waals surface area contributed by atoms with E-state index in [4.69, 9.17) is 0 Å². The zero-order valence-electron chi connectivity index (χ0n) is 18.2. The molecule has 11 heteroatoms. The maximum Gasteiger partial charge on any atom is 0.416 e. The van der Waals surface area contributed by atoms with Crippen LogP contribution in [0.15, 0.2) is 23.1 Å². The summed E-state index contributed by atoms with van der Waals surface area (Å²) in [6.45, 7) is 0.975. The number of hydrogen-bond donors (Lipinski definition) is 2. The van der Waals surface area contributed by atoms with E-state index in [0.29, 0.717) is 18.0 Å². The molecule has 2 fully saturated rings. The topological polar surface area (TPSA) is 78.5 Å². The Morgan fingerprint density at radius 3 is 2.47 bits per heavy atom. The van der Waals surface area contributed by atoms with Gasteiger partial charge in [-0.3, -0.25) is 4.79 Å². The van der Waals surface area contributed by atoms with Gasteiger partial charge in [0.1, 0.15) is 0 Å². The second-order valence-corrected chi connectivity index (χ2v) is 10.3. The number of nitrogens with zero attached hydrogens (tertiary/aromatic N) is 1. The predicted octanol–water partition coefficient (Wildman–Crippen LogP) is 3.35. The lowest BCUT2D eigenvalue weighted by molar-refractivity contribution is -0.137. The van der Waals surface area contributed by atoms with Gasteiger partial charge in [-0.2, -0.15) is 13.2 Å². The normalized spacial score (nSPS) is 24.1. The molecule has 0 aromatic heterocycles. The number of rotatable bonds is 6. The summed E-state index contributed by atoms with van der Waals surface area (Å²) in [6, 6.07) is 2.92. The second kappa shape index (κ2) is 10.7. The minimum absolute atomic E-state index is 0. The fourth-order valence-corrected chi connectivity index (χ4v) is 5.86. The van der Waals surface area contributed by atoms with Crippen molar-refractivity contribution in [2.45, 2.75) is 68.1 Å². The first-order valence-electron chi connectivity index (χ1n) is 10.7. The van der Waals surface area contributed by atoms with Crippen LogP contribution < -0.4 is 10.0 Å². The number of carbonyl (C=O) groups is 1. The van der Waals surface area contributed by atoms with Gasteiger partial charge in [0.25, 0.3) is 0 Å². The SMILES string of the molecule is CNS(=O)(=O)c1cc(C(F)(F)F)ccc1CC(=O)N(C)C1CCCCC1C1CCCN1.Cl. The Bertz CT molecular complexity index is 905. The highest BCUT2D eigenvalue weighted by Gasteiger charge is 2.37. The van der Waals surface area contributed by atoms with E-state index in [2.05, 4.69) is 10.0 Å². The number of halogens is 4. The molecule has 6 nitrogen and oxygen atoms in total. The highest BCUT2D eigenvalue weighted by Crippen LogP contribution is 2.35. The Labute approximate surface area is 193 Å². The van der Waals surface area contributed by atoms with Crippen molar-refractivity contribution in [3.8, 4) is 0 Å². The summed E-state index contributed by atoms with van der Waals surface area (Å²) in [4.78, 5) is 14.3. The number of nitrogens with one attached hydrogen (secondary N) is 2. The highest BCUT2D eigenvalue weighted by atomic mass is 35.5. The van der Waals surface area contributed by atoms with E-state index in [-0.39, 0.29) is 36.3 Å². The van der Waals surface area contributed by atoms with E-state index in [9.17, 15) is 26.4 Å². The lowest BCUT2D eigenvalue weighted by Gasteiger charge is -2.41. The van der Waals surface area contributed by atoms with Gasteiger partial charge < -0.3 is 10.2 Å². The first kappa shape index (κ1) is 26.9. The van der Waals surface area contributed by atoms with Crippen molar-refractivity contribution < 1.29 is 26.4 Å². The zero-order chi connectivity index (χ0) is 22.8. The monoisotopic (exact) mass is 497 g/mol. The summed E-state index contributed by atoms with van der Waals surface area (Å²) in [5, 5.41) is 3.52. The number of likely N-dealkylation sites (N-methyl/N-ethyl adjacent to an activating group) is 1. The van der Waals surface area contributed by atoms with E-state index < -0.39 is 26.7 Å². The zero-order valence-corrected chi connectivity index (χ0v) is 19.9. The van der Waals surface area contributed by atoms with Crippen LogP contribution in [0.4, 0.5) is 13.2 Å². The molecule has 3 unspecified atom stereocenters. The van der Waals surface area contributed by atoms with E-state index in [1.807, 2.05) is 0 Å². The molecule has 182 valence electrons. The number of alkyl halides is 3. The predicted molar refractivity (Wildman–Crippen MR) is 118 cm³/mol. The Hall–Kier alpha value is -1.36. The molecule has 1 aliphatic carbocycles. The summed E-state index contributed by atoms with van der Waals surface area (Å²) >= 11 is 0. The van der Waals surface area contributed by atoms with Crippen LogP contribution in [0.1, 0.15) is 49.7 Å². The average Bonchev–Trinajstić information content (AvgIpc) is 3.27. The lowest BCUT2D eigenvalue weighted by Crippen LogP contribution is -2.50. The van der Waals surface area contributed by atoms with Crippen LogP contribution >= 0.6 is 12.4 Å². The van der Waals surface area contributed by atoms with Gasteiger partial charge in [-0.25, -0.2) is 13.1 Å². The van der Waals surface area contributed by atoms with Crippen LogP contribution in [0.25, 0.3) is 0 Å². The quantitative estimate of drug-likeness (QED) is 0.632. The Morgan fingerprint density at radius 1 is 1.19 bits per heavy atom. The first-order chi connectivity index (χ1) is 14.5. The number of amides is 1. The molecule has 3 rings (SSSR count). The van der Waals surface area contributed by atoms with Crippen LogP contribution in [0.3, 0.4) is 0 Å². The molecule has 1 aromatic carbocycles. The van der Waals surface area contributed by atoms with Crippen molar-refractivity contribution in [2.24, 2.45) is 5.92 Å². The molecule has 1 saturated heterocycles. The first-order valence-corrected chi connectivity index (χ1v) is 12.2. The van der Waals surface area contributed by atoms with Crippen molar-refractivity contribution in [3.63, 3.8) is 0 Å². The molecule has 1 aliphatic heterocycles. The minimum atomic E-state index is -4.68. The lowest BCUT2D eigenvalue weighted by atomic mass is 9.78. The van der Waals surface area contributed by atoms with Crippen molar-refractivity contribution >= 4 is 28.3 Å². The van der Waals surface area contributed by atoms with Crippen LogP contribution in [0.5, 0.6) is 0 Å². The fraction of sp³-hybridized carbons (Fsp3) is 0.667. The molecular formula is C21H31ClF3N3O3S. The molecule has 1 aromatic rings. The van der Waals surface area contributed by atoms with Gasteiger partial charge in [0.15, 0.2) is 0 Å². The van der Waals surface area contributed by atoms with Crippen LogP contribution in [0.2, 0.25) is 0 Å². The molecular weight excluding hydrogens is 467 g/mol. The van der Waals surface area contributed by atoms with Crippen LogP contribution in [-0.4, -0.2) is 51.9 Å². The van der Waals surface area contributed by atoms with Crippen molar-refractivity contribution in [1.82, 2.24) is 14.9 Å². The van der Waals surface area contributed by atoms with Gasteiger partial charge in [0, 0.05) is 19.1 Å². The Morgan fingerprint density at radius 2 is 1.88 bits per heavy atom. The molecule has 0 radical (unpaired) electrons. The van der Waals surface area contributed by atoms with Gasteiger partial charge in [-0.05, 0) is 62.9 Å². The maximum absolute atomic E-state index is 13.1. The molecule has 32 heavy (non-hydrogen) atoms. The van der Waals surface area contributed by atoms with Crippen molar-refractivity contribution in [3.05, 3.63) is 29.3 Å². The molecule has 3 atom stereocenters. The van der Waals surface area contributed by atoms with Crippen molar-refractivity contribution in [1.29, 1.82) is 0 Å². The third-order valence-electron chi connectivity index (χ3n) is 6.58. The summed E-state index contributed by atoms with van der Waals surface area (Å²) in [5.74, 6) is 0.0422. The summed E-state index contributed by atoms with van der Waals surface area (Å²) in [7, 11) is -1.31. The van der Waals surface area contributed by atoms with Crippen LogP contribution in [0, 0.1) is 5.92 Å². The largest absolute Gasteiger partial charge is 0.416 e. The Balaban J connectivity index is 0.00000363. The van der Waals surface area contributed by atoms with E-state index in [1.165, 1.54) is 0 Å². The fourth-order valence-electron chi connectivity index (χ4n) is 4.88. The van der Waals surface area contributed by atoms with Crippen LogP contribution in [-0.2, 0) is 27.4 Å². The molecule has 1 heterocycles. The van der Waals surface area contributed by atoms with Gasteiger partial charge in [0.2, 0.25) is 15.9 Å². The molecule has 1 saturated carbocycles. The van der Waals surface area contributed by atoms with E-state index in [0.717, 1.165) is 64.3 Å². The molecule has 1 amide bonds. The van der Waals surface area contributed by atoms with Gasteiger partial charge >= 0.3 is 6.18 Å². The second-order valence-electron chi connectivity index (χ2n) is 8.43.